The predicted molar refractivity (Wildman–Crippen MR) is 84.1 cm³/mol. The first-order chi connectivity index (χ1) is 9.67. The third-order valence-electron chi connectivity index (χ3n) is 4.91. The largest absolute Gasteiger partial charge is 0.356 e. The molecule has 1 aromatic heterocycles. The van der Waals surface area contributed by atoms with Crippen LogP contribution >= 0.6 is 0 Å². The Morgan fingerprint density at radius 3 is 2.55 bits per heavy atom. The molecule has 0 radical (unpaired) electrons. The summed E-state index contributed by atoms with van der Waals surface area (Å²) in [5.41, 5.74) is 2.59. The summed E-state index contributed by atoms with van der Waals surface area (Å²) in [7, 11) is 2.01. The zero-order chi connectivity index (χ0) is 14.1. The fourth-order valence-electron chi connectivity index (χ4n) is 3.78. The van der Waals surface area contributed by atoms with E-state index in [-0.39, 0.29) is 0 Å². The molecule has 2 aliphatic rings. The SMILES string of the molecule is CNCc1cc(C(C)C)nc(N2CC3CCCC3C2)c1. The van der Waals surface area contributed by atoms with Crippen LogP contribution in [0.3, 0.4) is 0 Å². The quantitative estimate of drug-likeness (QED) is 0.913. The fourth-order valence-corrected chi connectivity index (χ4v) is 3.78. The molecule has 1 saturated carbocycles. The van der Waals surface area contributed by atoms with E-state index < -0.39 is 0 Å². The minimum absolute atomic E-state index is 0.493. The number of hydrogen-bond acceptors (Lipinski definition) is 3. The first kappa shape index (κ1) is 13.9. The van der Waals surface area contributed by atoms with Crippen molar-refractivity contribution >= 4 is 5.82 Å². The van der Waals surface area contributed by atoms with E-state index in [1.54, 1.807) is 0 Å². The molecule has 20 heavy (non-hydrogen) atoms. The Morgan fingerprint density at radius 1 is 1.25 bits per heavy atom. The van der Waals surface area contributed by atoms with Gasteiger partial charge in [0.05, 0.1) is 0 Å². The molecule has 3 heteroatoms. The minimum atomic E-state index is 0.493. The molecule has 2 unspecified atom stereocenters. The Balaban J connectivity index is 1.84. The summed E-state index contributed by atoms with van der Waals surface area (Å²) in [5, 5.41) is 3.26. The van der Waals surface area contributed by atoms with E-state index in [9.17, 15) is 0 Å². The standard InChI is InChI=1S/C17H27N3/c1-12(2)16-7-13(9-18-3)8-17(19-16)20-10-14-5-4-6-15(14)11-20/h7-8,12,14-15,18H,4-6,9-11H2,1-3H3. The van der Waals surface area contributed by atoms with Gasteiger partial charge in [0.25, 0.3) is 0 Å². The van der Waals surface area contributed by atoms with Crippen LogP contribution < -0.4 is 10.2 Å². The second-order valence-electron chi connectivity index (χ2n) is 6.80. The molecule has 0 bridgehead atoms. The molecule has 110 valence electrons. The molecule has 1 aromatic rings. The van der Waals surface area contributed by atoms with Crippen LogP contribution in [0.15, 0.2) is 12.1 Å². The zero-order valence-electron chi connectivity index (χ0n) is 13.0. The summed E-state index contributed by atoms with van der Waals surface area (Å²) in [4.78, 5) is 7.45. The second kappa shape index (κ2) is 5.72. The summed E-state index contributed by atoms with van der Waals surface area (Å²) >= 11 is 0. The second-order valence-corrected chi connectivity index (χ2v) is 6.80. The van der Waals surface area contributed by atoms with Gasteiger partial charge in [-0.3, -0.25) is 0 Å². The molecule has 1 N–H and O–H groups in total. The summed E-state index contributed by atoms with van der Waals surface area (Å²) in [6.07, 6.45) is 4.29. The number of hydrogen-bond donors (Lipinski definition) is 1. The van der Waals surface area contributed by atoms with Crippen LogP contribution in [0.25, 0.3) is 0 Å². The Bertz CT molecular complexity index is 457. The third kappa shape index (κ3) is 2.69. The molecule has 0 spiro atoms. The number of aromatic nitrogens is 1. The van der Waals surface area contributed by atoms with Gasteiger partial charge in [-0.25, -0.2) is 4.98 Å². The first-order valence-corrected chi connectivity index (χ1v) is 8.07. The number of nitrogens with zero attached hydrogens (tertiary/aromatic N) is 2. The van der Waals surface area contributed by atoms with E-state index in [1.807, 2.05) is 7.05 Å². The lowest BCUT2D eigenvalue weighted by molar-refractivity contribution is 0.494. The summed E-state index contributed by atoms with van der Waals surface area (Å²) in [5.74, 6) is 3.54. The van der Waals surface area contributed by atoms with E-state index in [4.69, 9.17) is 4.98 Å². The van der Waals surface area contributed by atoms with Crippen LogP contribution in [-0.4, -0.2) is 25.1 Å². The van der Waals surface area contributed by atoms with E-state index in [0.717, 1.165) is 18.4 Å². The lowest BCUT2D eigenvalue weighted by atomic mass is 10.0. The molecule has 2 atom stereocenters. The highest BCUT2D eigenvalue weighted by molar-refractivity contribution is 5.45. The number of nitrogens with one attached hydrogen (secondary N) is 1. The average Bonchev–Trinajstić information content (AvgIpc) is 2.99. The van der Waals surface area contributed by atoms with E-state index in [0.29, 0.717) is 5.92 Å². The normalized spacial score (nSPS) is 25.5. The highest BCUT2D eigenvalue weighted by Crippen LogP contribution is 2.39. The molecule has 2 fully saturated rings. The minimum Gasteiger partial charge on any atom is -0.356 e. The molecule has 3 rings (SSSR count). The van der Waals surface area contributed by atoms with Gasteiger partial charge in [-0.15, -0.1) is 0 Å². The zero-order valence-corrected chi connectivity index (χ0v) is 13.0. The molecule has 2 heterocycles. The van der Waals surface area contributed by atoms with Gasteiger partial charge in [-0.1, -0.05) is 20.3 Å². The number of rotatable bonds is 4. The van der Waals surface area contributed by atoms with Gasteiger partial charge >= 0.3 is 0 Å². The molecule has 1 aliphatic heterocycles. The smallest absolute Gasteiger partial charge is 0.129 e. The Labute approximate surface area is 122 Å². The van der Waals surface area contributed by atoms with Crippen molar-refractivity contribution < 1.29 is 0 Å². The molecular weight excluding hydrogens is 246 g/mol. The van der Waals surface area contributed by atoms with Crippen molar-refractivity contribution in [1.29, 1.82) is 0 Å². The summed E-state index contributed by atoms with van der Waals surface area (Å²) in [6.45, 7) is 7.83. The van der Waals surface area contributed by atoms with Crippen molar-refractivity contribution in [3.8, 4) is 0 Å². The van der Waals surface area contributed by atoms with Gasteiger partial charge in [0, 0.05) is 25.3 Å². The van der Waals surface area contributed by atoms with Crippen molar-refractivity contribution in [1.82, 2.24) is 10.3 Å². The highest BCUT2D eigenvalue weighted by atomic mass is 15.2. The molecule has 1 saturated heterocycles. The van der Waals surface area contributed by atoms with Crippen LogP contribution in [0, 0.1) is 11.8 Å². The maximum Gasteiger partial charge on any atom is 0.129 e. The van der Waals surface area contributed by atoms with Crippen LogP contribution in [0.4, 0.5) is 5.82 Å². The fraction of sp³-hybridized carbons (Fsp3) is 0.706. The Hall–Kier alpha value is -1.09. The molecule has 1 aliphatic carbocycles. The van der Waals surface area contributed by atoms with Gasteiger partial charge in [0.1, 0.15) is 5.82 Å². The van der Waals surface area contributed by atoms with Gasteiger partial charge in [-0.05, 0) is 55.3 Å². The van der Waals surface area contributed by atoms with Crippen LogP contribution in [0.5, 0.6) is 0 Å². The van der Waals surface area contributed by atoms with Crippen LogP contribution in [0.2, 0.25) is 0 Å². The summed E-state index contributed by atoms with van der Waals surface area (Å²) < 4.78 is 0. The topological polar surface area (TPSA) is 28.2 Å². The third-order valence-corrected chi connectivity index (χ3v) is 4.91. The number of pyridine rings is 1. The van der Waals surface area contributed by atoms with Crippen molar-refractivity contribution in [3.63, 3.8) is 0 Å². The number of anilines is 1. The van der Waals surface area contributed by atoms with E-state index in [2.05, 4.69) is 36.2 Å². The van der Waals surface area contributed by atoms with Gasteiger partial charge in [-0.2, -0.15) is 0 Å². The maximum atomic E-state index is 4.92. The highest BCUT2D eigenvalue weighted by Gasteiger charge is 2.36. The van der Waals surface area contributed by atoms with Gasteiger partial charge < -0.3 is 10.2 Å². The van der Waals surface area contributed by atoms with Crippen molar-refractivity contribution in [2.24, 2.45) is 11.8 Å². The molecule has 3 nitrogen and oxygen atoms in total. The van der Waals surface area contributed by atoms with E-state index >= 15 is 0 Å². The van der Waals surface area contributed by atoms with Crippen LogP contribution in [0.1, 0.15) is 50.3 Å². The number of fused-ring (bicyclic) bond motifs is 1. The predicted octanol–water partition coefficient (Wildman–Crippen LogP) is 3.16. The average molecular weight is 273 g/mol. The lowest BCUT2D eigenvalue weighted by Crippen LogP contribution is -2.23. The molecule has 0 aromatic carbocycles. The van der Waals surface area contributed by atoms with Crippen molar-refractivity contribution in [2.75, 3.05) is 25.0 Å². The van der Waals surface area contributed by atoms with Crippen molar-refractivity contribution in [2.45, 2.75) is 45.6 Å². The van der Waals surface area contributed by atoms with E-state index in [1.165, 1.54) is 49.4 Å². The molecule has 0 amide bonds. The van der Waals surface area contributed by atoms with Gasteiger partial charge in [0.15, 0.2) is 0 Å². The maximum absolute atomic E-state index is 4.92. The summed E-state index contributed by atoms with van der Waals surface area (Å²) in [6, 6.07) is 4.53. The Kier molecular flexibility index (Phi) is 3.97. The lowest BCUT2D eigenvalue weighted by Gasteiger charge is -2.21. The van der Waals surface area contributed by atoms with Crippen LogP contribution in [-0.2, 0) is 6.54 Å². The first-order valence-electron chi connectivity index (χ1n) is 8.07. The monoisotopic (exact) mass is 273 g/mol. The van der Waals surface area contributed by atoms with Gasteiger partial charge in [0.2, 0.25) is 0 Å². The Morgan fingerprint density at radius 2 is 1.95 bits per heavy atom. The van der Waals surface area contributed by atoms with Crippen molar-refractivity contribution in [3.05, 3.63) is 23.4 Å². The molecular formula is C17H27N3.